The van der Waals surface area contributed by atoms with E-state index in [9.17, 15) is 0 Å². The summed E-state index contributed by atoms with van der Waals surface area (Å²) < 4.78 is 0. The highest BCUT2D eigenvalue weighted by molar-refractivity contribution is 5.08. The van der Waals surface area contributed by atoms with E-state index in [0.717, 1.165) is 17.8 Å². The Morgan fingerprint density at radius 3 is 1.58 bits per heavy atom. The molecule has 4 unspecified atom stereocenters. The van der Waals surface area contributed by atoms with Crippen LogP contribution < -0.4 is 0 Å². The summed E-state index contributed by atoms with van der Waals surface area (Å²) >= 11 is 0. The van der Waals surface area contributed by atoms with E-state index >= 15 is 0 Å². The molecule has 0 bridgehead atoms. The second kappa shape index (κ2) is 4.50. The van der Waals surface area contributed by atoms with Crippen molar-refractivity contribution in [3.63, 3.8) is 0 Å². The van der Waals surface area contributed by atoms with Crippen LogP contribution in [-0.4, -0.2) is 0 Å². The van der Waals surface area contributed by atoms with E-state index < -0.39 is 0 Å². The SMILES string of the molecule is CC1CC(C)C(C)(C(C)C(C)(C)C(C)(C)C)C1(C)C. The molecular weight excluding hydrogens is 228 g/mol. The summed E-state index contributed by atoms with van der Waals surface area (Å²) in [6.45, 7) is 27.2. The maximum Gasteiger partial charge on any atom is -0.0215 e. The molecule has 0 nitrogen and oxygen atoms in total. The van der Waals surface area contributed by atoms with Gasteiger partial charge >= 0.3 is 0 Å². The van der Waals surface area contributed by atoms with Crippen molar-refractivity contribution in [1.82, 2.24) is 0 Å². The van der Waals surface area contributed by atoms with E-state index in [1.54, 1.807) is 0 Å². The first-order chi connectivity index (χ1) is 8.20. The second-order valence-electron chi connectivity index (χ2n) is 9.74. The predicted molar refractivity (Wildman–Crippen MR) is 87.2 cm³/mol. The Morgan fingerprint density at radius 2 is 1.32 bits per heavy atom. The van der Waals surface area contributed by atoms with Gasteiger partial charge in [0, 0.05) is 0 Å². The van der Waals surface area contributed by atoms with Crippen LogP contribution in [0.15, 0.2) is 0 Å². The van der Waals surface area contributed by atoms with E-state index in [1.807, 2.05) is 0 Å². The third-order valence-corrected chi connectivity index (χ3v) is 8.27. The van der Waals surface area contributed by atoms with Crippen molar-refractivity contribution in [2.75, 3.05) is 0 Å². The molecule has 0 aliphatic heterocycles. The Balaban J connectivity index is 3.28. The van der Waals surface area contributed by atoms with Crippen molar-refractivity contribution in [3.05, 3.63) is 0 Å². The fourth-order valence-electron chi connectivity index (χ4n) is 4.62. The van der Waals surface area contributed by atoms with Crippen LogP contribution in [0, 0.1) is 39.4 Å². The molecule has 0 heterocycles. The quantitative estimate of drug-likeness (QED) is 0.542. The van der Waals surface area contributed by atoms with Crippen LogP contribution in [0.2, 0.25) is 0 Å². The Kier molecular flexibility index (Phi) is 4.04. The average molecular weight is 267 g/mol. The molecule has 114 valence electrons. The van der Waals surface area contributed by atoms with Gasteiger partial charge in [0.25, 0.3) is 0 Å². The van der Waals surface area contributed by atoms with Crippen molar-refractivity contribution < 1.29 is 0 Å². The lowest BCUT2D eigenvalue weighted by Crippen LogP contribution is -2.50. The minimum Gasteiger partial charge on any atom is -0.0620 e. The normalized spacial score (nSPS) is 37.4. The van der Waals surface area contributed by atoms with E-state index in [2.05, 4.69) is 76.2 Å². The van der Waals surface area contributed by atoms with E-state index in [0.29, 0.717) is 21.7 Å². The van der Waals surface area contributed by atoms with Gasteiger partial charge in [0.15, 0.2) is 0 Å². The molecule has 19 heavy (non-hydrogen) atoms. The third-order valence-electron chi connectivity index (χ3n) is 8.27. The minimum absolute atomic E-state index is 0.344. The Morgan fingerprint density at radius 1 is 0.895 bits per heavy atom. The van der Waals surface area contributed by atoms with Crippen LogP contribution in [-0.2, 0) is 0 Å². The van der Waals surface area contributed by atoms with Gasteiger partial charge in [-0.2, -0.15) is 0 Å². The second-order valence-corrected chi connectivity index (χ2v) is 9.74. The van der Waals surface area contributed by atoms with Gasteiger partial charge in [-0.1, -0.05) is 76.2 Å². The molecule has 0 N–H and O–H groups in total. The van der Waals surface area contributed by atoms with E-state index in [-0.39, 0.29) is 0 Å². The van der Waals surface area contributed by atoms with Gasteiger partial charge in [0.1, 0.15) is 0 Å². The standard InChI is InChI=1S/C19H38/c1-13-12-14(2)19(11,17(13,7)8)15(3)18(9,10)16(4,5)6/h13-15H,12H2,1-11H3. The molecule has 1 rings (SSSR count). The zero-order valence-electron chi connectivity index (χ0n) is 15.4. The van der Waals surface area contributed by atoms with Gasteiger partial charge in [-0.15, -0.1) is 0 Å². The molecule has 0 aromatic carbocycles. The number of hydrogen-bond acceptors (Lipinski definition) is 0. The monoisotopic (exact) mass is 266 g/mol. The Labute approximate surface area is 122 Å². The molecule has 0 heteroatoms. The molecular formula is C19H38. The smallest absolute Gasteiger partial charge is 0.0215 e. The molecule has 1 fully saturated rings. The first-order valence-electron chi connectivity index (χ1n) is 8.20. The van der Waals surface area contributed by atoms with Crippen molar-refractivity contribution in [3.8, 4) is 0 Å². The molecule has 1 aliphatic rings. The molecule has 0 aromatic rings. The fraction of sp³-hybridized carbons (Fsp3) is 1.00. The van der Waals surface area contributed by atoms with Crippen LogP contribution in [0.5, 0.6) is 0 Å². The van der Waals surface area contributed by atoms with Gasteiger partial charge < -0.3 is 0 Å². The maximum absolute atomic E-state index is 2.57. The zero-order chi connectivity index (χ0) is 15.4. The molecule has 0 spiro atoms. The maximum atomic E-state index is 2.57. The lowest BCUT2D eigenvalue weighted by molar-refractivity contribution is -0.0845. The first kappa shape index (κ1) is 17.1. The van der Waals surface area contributed by atoms with Gasteiger partial charge in [-0.05, 0) is 45.8 Å². The molecule has 0 radical (unpaired) electrons. The zero-order valence-corrected chi connectivity index (χ0v) is 15.4. The third kappa shape index (κ3) is 2.18. The molecule has 0 amide bonds. The summed E-state index contributed by atoms with van der Waals surface area (Å²) in [4.78, 5) is 0. The molecule has 0 saturated heterocycles. The average Bonchev–Trinajstić information content (AvgIpc) is 2.38. The van der Waals surface area contributed by atoms with Crippen LogP contribution >= 0.6 is 0 Å². The van der Waals surface area contributed by atoms with Gasteiger partial charge in [0.2, 0.25) is 0 Å². The minimum atomic E-state index is 0.344. The lowest BCUT2D eigenvalue weighted by Gasteiger charge is -2.57. The Bertz CT molecular complexity index is 328. The number of hydrogen-bond donors (Lipinski definition) is 0. The van der Waals surface area contributed by atoms with Gasteiger partial charge in [0.05, 0.1) is 0 Å². The highest BCUT2D eigenvalue weighted by Crippen LogP contribution is 2.66. The van der Waals surface area contributed by atoms with E-state index in [1.165, 1.54) is 6.42 Å². The summed E-state index contributed by atoms with van der Waals surface area (Å²) in [6, 6.07) is 0. The van der Waals surface area contributed by atoms with Crippen LogP contribution in [0.3, 0.4) is 0 Å². The highest BCUT2D eigenvalue weighted by atomic mass is 14.6. The van der Waals surface area contributed by atoms with E-state index in [4.69, 9.17) is 0 Å². The van der Waals surface area contributed by atoms with Crippen molar-refractivity contribution in [2.45, 2.75) is 82.6 Å². The fourth-order valence-corrected chi connectivity index (χ4v) is 4.62. The van der Waals surface area contributed by atoms with Gasteiger partial charge in [-0.25, -0.2) is 0 Å². The molecule has 1 saturated carbocycles. The van der Waals surface area contributed by atoms with Crippen molar-refractivity contribution >= 4 is 0 Å². The highest BCUT2D eigenvalue weighted by Gasteiger charge is 2.60. The van der Waals surface area contributed by atoms with Crippen molar-refractivity contribution in [1.29, 1.82) is 0 Å². The van der Waals surface area contributed by atoms with Gasteiger partial charge in [-0.3, -0.25) is 0 Å². The summed E-state index contributed by atoms with van der Waals surface area (Å²) in [6.07, 6.45) is 1.38. The van der Waals surface area contributed by atoms with Crippen molar-refractivity contribution in [2.24, 2.45) is 39.4 Å². The predicted octanol–water partition coefficient (Wildman–Crippen LogP) is 6.40. The summed E-state index contributed by atoms with van der Waals surface area (Å²) in [7, 11) is 0. The Hall–Kier alpha value is 0. The van der Waals surface area contributed by atoms with Crippen LogP contribution in [0.25, 0.3) is 0 Å². The summed E-state index contributed by atoms with van der Waals surface area (Å²) in [5.74, 6) is 2.36. The lowest BCUT2D eigenvalue weighted by atomic mass is 9.48. The van der Waals surface area contributed by atoms with Crippen LogP contribution in [0.4, 0.5) is 0 Å². The van der Waals surface area contributed by atoms with Crippen LogP contribution in [0.1, 0.15) is 82.6 Å². The summed E-state index contributed by atoms with van der Waals surface area (Å²) in [5, 5.41) is 0. The molecule has 0 aromatic heterocycles. The number of rotatable bonds is 2. The topological polar surface area (TPSA) is 0 Å². The molecule has 4 atom stereocenters. The summed E-state index contributed by atoms with van der Waals surface area (Å²) in [5.41, 5.74) is 1.53. The first-order valence-corrected chi connectivity index (χ1v) is 8.20. The molecule has 1 aliphatic carbocycles. The largest absolute Gasteiger partial charge is 0.0620 e.